The van der Waals surface area contributed by atoms with E-state index in [2.05, 4.69) is 39.9 Å². The predicted molar refractivity (Wildman–Crippen MR) is 52.0 cm³/mol. The highest BCUT2D eigenvalue weighted by atomic mass is 79.9. The van der Waals surface area contributed by atoms with Gasteiger partial charge in [0.05, 0.1) is 0 Å². The van der Waals surface area contributed by atoms with Gasteiger partial charge in [0.1, 0.15) is 5.82 Å². The van der Waals surface area contributed by atoms with Gasteiger partial charge in [-0.15, -0.1) is 5.10 Å². The number of hydrogen-bond donors (Lipinski definition) is 0. The molecule has 0 aliphatic rings. The number of halogens is 1. The SMILES string of the molecule is CCCC(C)c1nc(Br)nn1C. The number of aryl methyl sites for hydroxylation is 1. The third kappa shape index (κ3) is 2.06. The molecule has 0 N–H and O–H groups in total. The highest BCUT2D eigenvalue weighted by molar-refractivity contribution is 9.10. The van der Waals surface area contributed by atoms with Crippen molar-refractivity contribution in [1.82, 2.24) is 14.8 Å². The number of rotatable bonds is 3. The molecule has 0 aliphatic carbocycles. The fraction of sp³-hybridized carbons (Fsp3) is 0.750. The molecule has 4 heteroatoms. The van der Waals surface area contributed by atoms with Gasteiger partial charge in [-0.2, -0.15) is 0 Å². The van der Waals surface area contributed by atoms with Gasteiger partial charge in [0.15, 0.2) is 0 Å². The summed E-state index contributed by atoms with van der Waals surface area (Å²) in [4.78, 5) is 4.30. The Morgan fingerprint density at radius 1 is 1.58 bits per heavy atom. The van der Waals surface area contributed by atoms with E-state index in [9.17, 15) is 0 Å². The lowest BCUT2D eigenvalue weighted by atomic mass is 10.1. The Bertz CT molecular complexity index is 257. The fourth-order valence-electron chi connectivity index (χ4n) is 1.36. The van der Waals surface area contributed by atoms with Crippen LogP contribution >= 0.6 is 15.9 Å². The second-order valence-electron chi connectivity index (χ2n) is 3.05. The van der Waals surface area contributed by atoms with Gasteiger partial charge < -0.3 is 0 Å². The van der Waals surface area contributed by atoms with E-state index in [1.54, 1.807) is 0 Å². The molecule has 1 atom stereocenters. The first-order valence-electron chi connectivity index (χ1n) is 4.21. The molecule has 0 aliphatic heterocycles. The highest BCUT2D eigenvalue weighted by Gasteiger charge is 2.11. The molecule has 68 valence electrons. The van der Waals surface area contributed by atoms with E-state index >= 15 is 0 Å². The van der Waals surface area contributed by atoms with E-state index < -0.39 is 0 Å². The zero-order chi connectivity index (χ0) is 9.14. The molecule has 0 saturated heterocycles. The maximum Gasteiger partial charge on any atom is 0.217 e. The van der Waals surface area contributed by atoms with Crippen LogP contribution in [-0.4, -0.2) is 14.8 Å². The van der Waals surface area contributed by atoms with Gasteiger partial charge in [-0.3, -0.25) is 4.68 Å². The first-order valence-corrected chi connectivity index (χ1v) is 5.01. The number of aromatic nitrogens is 3. The summed E-state index contributed by atoms with van der Waals surface area (Å²) in [7, 11) is 1.93. The molecule has 0 fully saturated rings. The Hall–Kier alpha value is -0.380. The fourth-order valence-corrected chi connectivity index (χ4v) is 1.78. The summed E-state index contributed by atoms with van der Waals surface area (Å²) in [6, 6.07) is 0. The van der Waals surface area contributed by atoms with Gasteiger partial charge >= 0.3 is 0 Å². The molecular formula is C8H14BrN3. The zero-order valence-electron chi connectivity index (χ0n) is 7.71. The van der Waals surface area contributed by atoms with E-state index in [1.165, 1.54) is 12.8 Å². The van der Waals surface area contributed by atoms with Gasteiger partial charge in [-0.1, -0.05) is 20.3 Å². The van der Waals surface area contributed by atoms with Crippen LogP contribution in [0.2, 0.25) is 0 Å². The third-order valence-electron chi connectivity index (χ3n) is 1.93. The Labute approximate surface area is 81.3 Å². The number of nitrogens with zero attached hydrogens (tertiary/aromatic N) is 3. The van der Waals surface area contributed by atoms with E-state index in [0.717, 1.165) is 5.82 Å². The molecule has 0 amide bonds. The topological polar surface area (TPSA) is 30.7 Å². The molecule has 3 nitrogen and oxygen atoms in total. The molecule has 1 aromatic rings. The van der Waals surface area contributed by atoms with Gasteiger partial charge in [-0.25, -0.2) is 4.98 Å². The second kappa shape index (κ2) is 4.03. The van der Waals surface area contributed by atoms with Crippen molar-refractivity contribution in [1.29, 1.82) is 0 Å². The Kier molecular flexibility index (Phi) is 3.26. The van der Waals surface area contributed by atoms with E-state index in [4.69, 9.17) is 0 Å². The number of hydrogen-bond acceptors (Lipinski definition) is 2. The van der Waals surface area contributed by atoms with E-state index in [1.807, 2.05) is 11.7 Å². The van der Waals surface area contributed by atoms with Crippen LogP contribution < -0.4 is 0 Å². The average molecular weight is 232 g/mol. The molecule has 12 heavy (non-hydrogen) atoms. The Morgan fingerprint density at radius 3 is 2.67 bits per heavy atom. The van der Waals surface area contributed by atoms with Crippen LogP contribution in [0.1, 0.15) is 38.4 Å². The van der Waals surface area contributed by atoms with Crippen LogP contribution in [0.5, 0.6) is 0 Å². The van der Waals surface area contributed by atoms with Crippen LogP contribution in [0.25, 0.3) is 0 Å². The quantitative estimate of drug-likeness (QED) is 0.801. The lowest BCUT2D eigenvalue weighted by Crippen LogP contribution is -2.03. The maximum absolute atomic E-state index is 4.30. The lowest BCUT2D eigenvalue weighted by Gasteiger charge is -2.07. The van der Waals surface area contributed by atoms with Crippen LogP contribution in [0.15, 0.2) is 4.73 Å². The zero-order valence-corrected chi connectivity index (χ0v) is 9.30. The summed E-state index contributed by atoms with van der Waals surface area (Å²) in [5.41, 5.74) is 0. The molecule has 1 heterocycles. The Balaban J connectivity index is 2.79. The molecular weight excluding hydrogens is 218 g/mol. The summed E-state index contributed by atoms with van der Waals surface area (Å²) < 4.78 is 2.52. The normalized spacial score (nSPS) is 13.3. The monoisotopic (exact) mass is 231 g/mol. The van der Waals surface area contributed by atoms with Crippen molar-refractivity contribution >= 4 is 15.9 Å². The molecule has 1 aromatic heterocycles. The Morgan fingerprint density at radius 2 is 2.25 bits per heavy atom. The summed E-state index contributed by atoms with van der Waals surface area (Å²) in [5.74, 6) is 1.56. The first kappa shape index (κ1) is 9.71. The standard InChI is InChI=1S/C8H14BrN3/c1-4-5-6(2)7-10-8(9)11-12(7)3/h6H,4-5H2,1-3H3. The van der Waals surface area contributed by atoms with Crippen molar-refractivity contribution in [3.05, 3.63) is 10.6 Å². The summed E-state index contributed by atoms with van der Waals surface area (Å²) in [5, 5.41) is 4.14. The molecule has 0 bridgehead atoms. The smallest absolute Gasteiger partial charge is 0.217 e. The van der Waals surface area contributed by atoms with Gasteiger partial charge in [0, 0.05) is 13.0 Å². The maximum atomic E-state index is 4.30. The summed E-state index contributed by atoms with van der Waals surface area (Å²) in [6.45, 7) is 4.36. The predicted octanol–water partition coefficient (Wildman–Crippen LogP) is 2.48. The minimum absolute atomic E-state index is 0.499. The van der Waals surface area contributed by atoms with Crippen molar-refractivity contribution in [3.8, 4) is 0 Å². The van der Waals surface area contributed by atoms with Crippen LogP contribution in [-0.2, 0) is 7.05 Å². The van der Waals surface area contributed by atoms with Gasteiger partial charge in [0.25, 0.3) is 0 Å². The minimum Gasteiger partial charge on any atom is -0.252 e. The van der Waals surface area contributed by atoms with E-state index in [-0.39, 0.29) is 0 Å². The van der Waals surface area contributed by atoms with Crippen LogP contribution in [0.3, 0.4) is 0 Å². The van der Waals surface area contributed by atoms with Gasteiger partial charge in [-0.05, 0) is 22.4 Å². The third-order valence-corrected chi connectivity index (χ3v) is 2.27. The highest BCUT2D eigenvalue weighted by Crippen LogP contribution is 2.19. The summed E-state index contributed by atoms with van der Waals surface area (Å²) in [6.07, 6.45) is 2.35. The average Bonchev–Trinajstić information content (AvgIpc) is 2.30. The molecule has 0 saturated carbocycles. The molecule has 0 aromatic carbocycles. The van der Waals surface area contributed by atoms with E-state index in [0.29, 0.717) is 10.7 Å². The van der Waals surface area contributed by atoms with Crippen molar-refractivity contribution in [2.45, 2.75) is 32.6 Å². The van der Waals surface area contributed by atoms with Crippen LogP contribution in [0, 0.1) is 0 Å². The lowest BCUT2D eigenvalue weighted by molar-refractivity contribution is 0.579. The first-order chi connectivity index (χ1) is 5.65. The molecule has 1 rings (SSSR count). The van der Waals surface area contributed by atoms with Crippen molar-refractivity contribution in [2.24, 2.45) is 7.05 Å². The summed E-state index contributed by atoms with van der Waals surface area (Å²) >= 11 is 3.26. The minimum atomic E-state index is 0.499. The largest absolute Gasteiger partial charge is 0.252 e. The van der Waals surface area contributed by atoms with Crippen molar-refractivity contribution in [3.63, 3.8) is 0 Å². The molecule has 0 radical (unpaired) electrons. The second-order valence-corrected chi connectivity index (χ2v) is 3.76. The molecule has 0 spiro atoms. The van der Waals surface area contributed by atoms with Crippen LogP contribution in [0.4, 0.5) is 0 Å². The molecule has 1 unspecified atom stereocenters. The van der Waals surface area contributed by atoms with Gasteiger partial charge in [0.2, 0.25) is 4.73 Å². The van der Waals surface area contributed by atoms with Crippen molar-refractivity contribution in [2.75, 3.05) is 0 Å². The van der Waals surface area contributed by atoms with Crippen molar-refractivity contribution < 1.29 is 0 Å².